The Morgan fingerprint density at radius 1 is 1.35 bits per heavy atom. The number of hydrogen-bond acceptors (Lipinski definition) is 2. The van der Waals surface area contributed by atoms with Crippen LogP contribution in [0.1, 0.15) is 25.8 Å². The van der Waals surface area contributed by atoms with Gasteiger partial charge in [-0.3, -0.25) is 4.79 Å². The minimum absolute atomic E-state index is 0.0738. The quantitative estimate of drug-likeness (QED) is 0.789. The Morgan fingerprint density at radius 3 is 2.59 bits per heavy atom. The monoisotopic (exact) mass is 235 g/mol. The average Bonchev–Trinajstić information content (AvgIpc) is 2.38. The van der Waals surface area contributed by atoms with E-state index in [1.807, 2.05) is 37.3 Å². The molecule has 2 N–H and O–H groups in total. The highest BCUT2D eigenvalue weighted by molar-refractivity contribution is 5.78. The molecule has 0 aliphatic rings. The summed E-state index contributed by atoms with van der Waals surface area (Å²) in [6.07, 6.45) is 0.876. The molecule has 94 valence electrons. The van der Waals surface area contributed by atoms with E-state index in [0.29, 0.717) is 13.0 Å². The first-order valence-corrected chi connectivity index (χ1v) is 6.14. The molecule has 0 aromatic heterocycles. The van der Waals surface area contributed by atoms with E-state index in [0.717, 1.165) is 6.42 Å². The van der Waals surface area contributed by atoms with E-state index in [9.17, 15) is 9.90 Å². The SMILES string of the molecule is CC[C@@H](O)[C@@H](C)C(=O)NCCc1ccccc1. The standard InChI is InChI=1S/C14H21NO2/c1-3-13(16)11(2)14(17)15-10-9-12-7-5-4-6-8-12/h4-8,11,13,16H,3,9-10H2,1-2H3,(H,15,17)/t11-,13-/m1/s1. The van der Waals surface area contributed by atoms with E-state index >= 15 is 0 Å². The Hall–Kier alpha value is -1.35. The second-order valence-electron chi connectivity index (χ2n) is 4.29. The summed E-state index contributed by atoms with van der Waals surface area (Å²) in [6, 6.07) is 10.0. The van der Waals surface area contributed by atoms with Crippen molar-refractivity contribution in [2.45, 2.75) is 32.8 Å². The third-order valence-corrected chi connectivity index (χ3v) is 2.96. The van der Waals surface area contributed by atoms with Crippen LogP contribution in [0.15, 0.2) is 30.3 Å². The van der Waals surface area contributed by atoms with Gasteiger partial charge in [-0.25, -0.2) is 0 Å². The molecule has 0 heterocycles. The van der Waals surface area contributed by atoms with Crippen LogP contribution in [0.5, 0.6) is 0 Å². The molecule has 3 nitrogen and oxygen atoms in total. The van der Waals surface area contributed by atoms with E-state index in [1.165, 1.54) is 5.56 Å². The minimum atomic E-state index is -0.549. The van der Waals surface area contributed by atoms with Crippen molar-refractivity contribution in [2.75, 3.05) is 6.54 Å². The van der Waals surface area contributed by atoms with Crippen molar-refractivity contribution >= 4 is 5.91 Å². The van der Waals surface area contributed by atoms with Crippen molar-refractivity contribution in [3.05, 3.63) is 35.9 Å². The largest absolute Gasteiger partial charge is 0.392 e. The molecule has 17 heavy (non-hydrogen) atoms. The smallest absolute Gasteiger partial charge is 0.225 e. The highest BCUT2D eigenvalue weighted by Gasteiger charge is 2.19. The molecule has 0 aliphatic carbocycles. The number of carbonyl (C=O) groups is 1. The lowest BCUT2D eigenvalue weighted by atomic mass is 10.0. The van der Waals surface area contributed by atoms with Gasteiger partial charge in [-0.1, -0.05) is 44.2 Å². The average molecular weight is 235 g/mol. The van der Waals surface area contributed by atoms with Crippen LogP contribution in [0.3, 0.4) is 0 Å². The van der Waals surface area contributed by atoms with Gasteiger partial charge in [0.15, 0.2) is 0 Å². The molecule has 0 saturated heterocycles. The van der Waals surface area contributed by atoms with Gasteiger partial charge in [0, 0.05) is 6.54 Å². The maximum atomic E-state index is 11.7. The van der Waals surface area contributed by atoms with Crippen LogP contribution in [0, 0.1) is 5.92 Å². The molecule has 1 amide bonds. The van der Waals surface area contributed by atoms with Gasteiger partial charge >= 0.3 is 0 Å². The van der Waals surface area contributed by atoms with Crippen molar-refractivity contribution in [3.63, 3.8) is 0 Å². The topological polar surface area (TPSA) is 49.3 Å². The van der Waals surface area contributed by atoms with Gasteiger partial charge in [-0.2, -0.15) is 0 Å². The van der Waals surface area contributed by atoms with Crippen molar-refractivity contribution in [1.29, 1.82) is 0 Å². The van der Waals surface area contributed by atoms with Crippen LogP contribution in [0.25, 0.3) is 0 Å². The zero-order valence-corrected chi connectivity index (χ0v) is 10.5. The number of aliphatic hydroxyl groups excluding tert-OH is 1. The fourth-order valence-corrected chi connectivity index (χ4v) is 1.66. The Labute approximate surface area is 103 Å². The van der Waals surface area contributed by atoms with Crippen LogP contribution in [0.2, 0.25) is 0 Å². The zero-order chi connectivity index (χ0) is 12.7. The van der Waals surface area contributed by atoms with Crippen LogP contribution in [0.4, 0.5) is 0 Å². The fourth-order valence-electron chi connectivity index (χ4n) is 1.66. The molecule has 1 rings (SSSR count). The third kappa shape index (κ3) is 4.57. The van der Waals surface area contributed by atoms with Gasteiger partial charge in [0.1, 0.15) is 0 Å². The van der Waals surface area contributed by atoms with E-state index in [2.05, 4.69) is 5.32 Å². The van der Waals surface area contributed by atoms with Crippen molar-refractivity contribution < 1.29 is 9.90 Å². The summed E-state index contributed by atoms with van der Waals surface area (Å²) in [5.74, 6) is -0.411. The first-order valence-electron chi connectivity index (χ1n) is 6.14. The van der Waals surface area contributed by atoms with E-state index in [4.69, 9.17) is 0 Å². The predicted octanol–water partition coefficient (Wildman–Crippen LogP) is 1.75. The first-order chi connectivity index (χ1) is 8.15. The lowest BCUT2D eigenvalue weighted by Gasteiger charge is -2.16. The number of nitrogens with one attached hydrogen (secondary N) is 1. The summed E-state index contributed by atoms with van der Waals surface area (Å²) in [4.78, 5) is 11.7. The predicted molar refractivity (Wildman–Crippen MR) is 68.6 cm³/mol. The second kappa shape index (κ2) is 7.07. The molecule has 0 unspecified atom stereocenters. The van der Waals surface area contributed by atoms with Crippen molar-refractivity contribution in [3.8, 4) is 0 Å². The van der Waals surface area contributed by atoms with Crippen molar-refractivity contribution in [1.82, 2.24) is 5.32 Å². The molecule has 0 bridgehead atoms. The maximum Gasteiger partial charge on any atom is 0.225 e. The molecule has 0 spiro atoms. The van der Waals surface area contributed by atoms with Crippen LogP contribution >= 0.6 is 0 Å². The molecule has 0 fully saturated rings. The molecule has 0 saturated carbocycles. The fraction of sp³-hybridized carbons (Fsp3) is 0.500. The first kappa shape index (κ1) is 13.7. The molecule has 0 radical (unpaired) electrons. The summed E-state index contributed by atoms with van der Waals surface area (Å²) >= 11 is 0. The molecule has 1 aromatic carbocycles. The Bertz CT molecular complexity index is 337. The lowest BCUT2D eigenvalue weighted by molar-refractivity contribution is -0.127. The molecule has 0 aliphatic heterocycles. The van der Waals surface area contributed by atoms with Gasteiger partial charge in [0.25, 0.3) is 0 Å². The third-order valence-electron chi connectivity index (χ3n) is 2.96. The number of amides is 1. The molecular weight excluding hydrogens is 214 g/mol. The van der Waals surface area contributed by atoms with Gasteiger partial charge in [-0.05, 0) is 18.4 Å². The Morgan fingerprint density at radius 2 is 2.00 bits per heavy atom. The van der Waals surface area contributed by atoms with E-state index in [-0.39, 0.29) is 11.8 Å². The number of hydrogen-bond donors (Lipinski definition) is 2. The summed E-state index contributed by atoms with van der Waals surface area (Å²) in [5.41, 5.74) is 1.21. The van der Waals surface area contributed by atoms with E-state index in [1.54, 1.807) is 6.92 Å². The lowest BCUT2D eigenvalue weighted by Crippen LogP contribution is -2.36. The Kier molecular flexibility index (Phi) is 5.70. The second-order valence-corrected chi connectivity index (χ2v) is 4.29. The van der Waals surface area contributed by atoms with Gasteiger partial charge in [0.05, 0.1) is 12.0 Å². The van der Waals surface area contributed by atoms with Gasteiger partial charge in [-0.15, -0.1) is 0 Å². The van der Waals surface area contributed by atoms with Gasteiger partial charge < -0.3 is 10.4 Å². The molecule has 2 atom stereocenters. The molecule has 3 heteroatoms. The van der Waals surface area contributed by atoms with Crippen LogP contribution < -0.4 is 5.32 Å². The summed E-state index contributed by atoms with van der Waals surface area (Å²) in [6.45, 7) is 4.24. The number of carbonyl (C=O) groups excluding carboxylic acids is 1. The molecular formula is C14H21NO2. The zero-order valence-electron chi connectivity index (χ0n) is 10.5. The highest BCUT2D eigenvalue weighted by atomic mass is 16.3. The summed E-state index contributed by atoms with van der Waals surface area (Å²) < 4.78 is 0. The maximum absolute atomic E-state index is 11.7. The number of benzene rings is 1. The van der Waals surface area contributed by atoms with Crippen molar-refractivity contribution in [2.24, 2.45) is 5.92 Å². The normalized spacial score (nSPS) is 14.1. The molecule has 1 aromatic rings. The number of aliphatic hydroxyl groups is 1. The van der Waals surface area contributed by atoms with E-state index < -0.39 is 6.10 Å². The van der Waals surface area contributed by atoms with Gasteiger partial charge in [0.2, 0.25) is 5.91 Å². The Balaban J connectivity index is 2.29. The summed E-state index contributed by atoms with van der Waals surface area (Å²) in [7, 11) is 0. The van der Waals surface area contributed by atoms with Crippen LogP contribution in [-0.2, 0) is 11.2 Å². The summed E-state index contributed by atoms with van der Waals surface area (Å²) in [5, 5.41) is 12.4. The highest BCUT2D eigenvalue weighted by Crippen LogP contribution is 2.06. The van der Waals surface area contributed by atoms with Crippen LogP contribution in [-0.4, -0.2) is 23.7 Å². The number of rotatable bonds is 6. The minimum Gasteiger partial charge on any atom is -0.392 e.